The standard InChI is InChI=1S/C25H24N4O/c1-18-13-24(22-6-3-20(15-26)4-7-22)19(2)29(18)17-23-8-5-21(16-27)14-25(23)28-9-11-30-12-10-28/h3-8,13-14H,9-12,17H2,1-2H3. The molecule has 30 heavy (non-hydrogen) atoms. The van der Waals surface area contributed by atoms with Crippen LogP contribution >= 0.6 is 0 Å². The Morgan fingerprint density at radius 3 is 2.23 bits per heavy atom. The first-order chi connectivity index (χ1) is 14.6. The van der Waals surface area contributed by atoms with E-state index in [9.17, 15) is 5.26 Å². The zero-order valence-corrected chi connectivity index (χ0v) is 17.4. The first kappa shape index (κ1) is 19.8. The predicted molar refractivity (Wildman–Crippen MR) is 117 cm³/mol. The lowest BCUT2D eigenvalue weighted by Gasteiger charge is -2.31. The highest BCUT2D eigenvalue weighted by Gasteiger charge is 2.18. The molecule has 3 aromatic rings. The maximum atomic E-state index is 9.38. The third-order valence-corrected chi connectivity index (χ3v) is 5.79. The van der Waals surface area contributed by atoms with Crippen LogP contribution < -0.4 is 4.90 Å². The highest BCUT2D eigenvalue weighted by Crippen LogP contribution is 2.30. The van der Waals surface area contributed by atoms with Gasteiger partial charge in [0.25, 0.3) is 0 Å². The molecule has 0 unspecified atom stereocenters. The number of hydrogen-bond acceptors (Lipinski definition) is 4. The molecule has 0 amide bonds. The lowest BCUT2D eigenvalue weighted by atomic mass is 10.0. The van der Waals surface area contributed by atoms with Crippen LogP contribution in [0, 0.1) is 36.5 Å². The largest absolute Gasteiger partial charge is 0.378 e. The van der Waals surface area contributed by atoms with Gasteiger partial charge in [0.2, 0.25) is 0 Å². The Kier molecular flexibility index (Phi) is 5.57. The molecule has 1 aromatic heterocycles. The molecule has 2 heterocycles. The molecule has 0 atom stereocenters. The molecule has 0 aliphatic carbocycles. The van der Waals surface area contributed by atoms with Crippen molar-refractivity contribution in [2.24, 2.45) is 0 Å². The van der Waals surface area contributed by atoms with Gasteiger partial charge < -0.3 is 14.2 Å². The molecule has 0 bridgehead atoms. The molecule has 0 saturated carbocycles. The third-order valence-electron chi connectivity index (χ3n) is 5.79. The van der Waals surface area contributed by atoms with Gasteiger partial charge in [-0.2, -0.15) is 10.5 Å². The molecule has 5 heteroatoms. The summed E-state index contributed by atoms with van der Waals surface area (Å²) in [7, 11) is 0. The van der Waals surface area contributed by atoms with Crippen molar-refractivity contribution in [3.8, 4) is 23.3 Å². The molecule has 1 fully saturated rings. The molecule has 1 aliphatic heterocycles. The van der Waals surface area contributed by atoms with Crippen LogP contribution in [0.3, 0.4) is 0 Å². The Balaban J connectivity index is 1.70. The highest BCUT2D eigenvalue weighted by molar-refractivity contribution is 5.68. The number of benzene rings is 2. The van der Waals surface area contributed by atoms with Crippen molar-refractivity contribution in [2.45, 2.75) is 20.4 Å². The van der Waals surface area contributed by atoms with Crippen molar-refractivity contribution >= 4 is 5.69 Å². The monoisotopic (exact) mass is 396 g/mol. The van der Waals surface area contributed by atoms with Crippen molar-refractivity contribution < 1.29 is 4.74 Å². The van der Waals surface area contributed by atoms with Crippen molar-refractivity contribution in [1.82, 2.24) is 4.57 Å². The summed E-state index contributed by atoms with van der Waals surface area (Å²) >= 11 is 0. The van der Waals surface area contributed by atoms with Crippen LogP contribution in [0.25, 0.3) is 11.1 Å². The van der Waals surface area contributed by atoms with E-state index in [0.717, 1.165) is 30.9 Å². The lowest BCUT2D eigenvalue weighted by molar-refractivity contribution is 0.122. The van der Waals surface area contributed by atoms with Crippen LogP contribution in [0.4, 0.5) is 5.69 Å². The van der Waals surface area contributed by atoms with Crippen LogP contribution in [0.1, 0.15) is 28.1 Å². The van der Waals surface area contributed by atoms with Gasteiger partial charge in [-0.15, -0.1) is 0 Å². The maximum Gasteiger partial charge on any atom is 0.0992 e. The van der Waals surface area contributed by atoms with Gasteiger partial charge >= 0.3 is 0 Å². The Morgan fingerprint density at radius 1 is 0.900 bits per heavy atom. The molecular weight excluding hydrogens is 372 g/mol. The normalized spacial score (nSPS) is 13.7. The van der Waals surface area contributed by atoms with E-state index in [4.69, 9.17) is 10.00 Å². The van der Waals surface area contributed by atoms with Crippen LogP contribution in [0.5, 0.6) is 0 Å². The molecule has 0 N–H and O–H groups in total. The first-order valence-corrected chi connectivity index (χ1v) is 10.1. The Hall–Kier alpha value is -3.54. The van der Waals surface area contributed by atoms with E-state index in [0.29, 0.717) is 24.3 Å². The fraction of sp³-hybridized carbons (Fsp3) is 0.280. The van der Waals surface area contributed by atoms with Gasteiger partial charge in [0, 0.05) is 42.3 Å². The molecule has 5 nitrogen and oxygen atoms in total. The van der Waals surface area contributed by atoms with Crippen LogP contribution in [-0.2, 0) is 11.3 Å². The van der Waals surface area contributed by atoms with E-state index in [2.05, 4.69) is 47.6 Å². The fourth-order valence-corrected chi connectivity index (χ4v) is 4.10. The molecule has 0 radical (unpaired) electrons. The van der Waals surface area contributed by atoms with Crippen LogP contribution in [0.2, 0.25) is 0 Å². The van der Waals surface area contributed by atoms with Crippen molar-refractivity contribution in [3.63, 3.8) is 0 Å². The number of aromatic nitrogens is 1. The van der Waals surface area contributed by atoms with E-state index in [1.807, 2.05) is 36.4 Å². The van der Waals surface area contributed by atoms with E-state index in [1.165, 1.54) is 22.5 Å². The number of nitriles is 2. The minimum Gasteiger partial charge on any atom is -0.378 e. The van der Waals surface area contributed by atoms with Crippen LogP contribution in [-0.4, -0.2) is 30.9 Å². The number of morpholine rings is 1. The molecule has 150 valence electrons. The van der Waals surface area contributed by atoms with Gasteiger partial charge in [0.1, 0.15) is 0 Å². The van der Waals surface area contributed by atoms with Gasteiger partial charge in [-0.3, -0.25) is 0 Å². The fourth-order valence-electron chi connectivity index (χ4n) is 4.10. The average molecular weight is 396 g/mol. The molecule has 4 rings (SSSR count). The third kappa shape index (κ3) is 3.81. The number of ether oxygens (including phenoxy) is 1. The van der Waals surface area contributed by atoms with E-state index < -0.39 is 0 Å². The lowest BCUT2D eigenvalue weighted by Crippen LogP contribution is -2.37. The quantitative estimate of drug-likeness (QED) is 0.656. The maximum absolute atomic E-state index is 9.38. The summed E-state index contributed by atoms with van der Waals surface area (Å²) < 4.78 is 7.83. The van der Waals surface area contributed by atoms with Gasteiger partial charge in [-0.25, -0.2) is 0 Å². The second-order valence-electron chi connectivity index (χ2n) is 7.61. The van der Waals surface area contributed by atoms with Gasteiger partial charge in [0.05, 0.1) is 36.5 Å². The summed E-state index contributed by atoms with van der Waals surface area (Å²) in [5, 5.41) is 18.4. The molecule has 1 aliphatic rings. The smallest absolute Gasteiger partial charge is 0.0992 e. The Bertz CT molecular complexity index is 1140. The zero-order valence-electron chi connectivity index (χ0n) is 17.4. The predicted octanol–water partition coefficient (Wildman–Crippen LogP) is 4.40. The minimum atomic E-state index is 0.667. The van der Waals surface area contributed by atoms with Crippen molar-refractivity contribution in [3.05, 3.63) is 76.6 Å². The molecule has 0 spiro atoms. The van der Waals surface area contributed by atoms with Crippen molar-refractivity contribution in [2.75, 3.05) is 31.2 Å². The first-order valence-electron chi connectivity index (χ1n) is 10.1. The summed E-state index contributed by atoms with van der Waals surface area (Å²) in [6.45, 7) is 8.09. The van der Waals surface area contributed by atoms with Gasteiger partial charge in [0.15, 0.2) is 0 Å². The number of nitrogens with zero attached hydrogens (tertiary/aromatic N) is 4. The molecular formula is C25H24N4O. The minimum absolute atomic E-state index is 0.667. The van der Waals surface area contributed by atoms with Crippen molar-refractivity contribution in [1.29, 1.82) is 10.5 Å². The summed E-state index contributed by atoms with van der Waals surface area (Å²) in [5.41, 5.74) is 8.33. The Morgan fingerprint density at radius 2 is 1.57 bits per heavy atom. The SMILES string of the molecule is Cc1cc(-c2ccc(C#N)cc2)c(C)n1Cc1ccc(C#N)cc1N1CCOCC1. The zero-order chi connectivity index (χ0) is 21.1. The van der Waals surface area contributed by atoms with E-state index >= 15 is 0 Å². The van der Waals surface area contributed by atoms with E-state index in [-0.39, 0.29) is 0 Å². The Labute approximate surface area is 177 Å². The molecule has 2 aromatic carbocycles. The number of rotatable bonds is 4. The summed E-state index contributed by atoms with van der Waals surface area (Å²) in [6.07, 6.45) is 0. The topological polar surface area (TPSA) is 65.0 Å². The summed E-state index contributed by atoms with van der Waals surface area (Å²) in [4.78, 5) is 2.31. The van der Waals surface area contributed by atoms with Gasteiger partial charge in [-0.1, -0.05) is 18.2 Å². The second-order valence-corrected chi connectivity index (χ2v) is 7.61. The van der Waals surface area contributed by atoms with Gasteiger partial charge in [-0.05, 0) is 55.3 Å². The number of hydrogen-bond donors (Lipinski definition) is 0. The second kappa shape index (κ2) is 8.45. The summed E-state index contributed by atoms with van der Waals surface area (Å²) in [6, 6.07) is 20.3. The van der Waals surface area contributed by atoms with Crippen LogP contribution in [0.15, 0.2) is 48.5 Å². The highest BCUT2D eigenvalue weighted by atomic mass is 16.5. The molecule has 1 saturated heterocycles. The number of anilines is 1. The summed E-state index contributed by atoms with van der Waals surface area (Å²) in [5.74, 6) is 0. The number of aryl methyl sites for hydroxylation is 1. The average Bonchev–Trinajstić information content (AvgIpc) is 3.08. The van der Waals surface area contributed by atoms with E-state index in [1.54, 1.807) is 0 Å².